The van der Waals surface area contributed by atoms with E-state index in [2.05, 4.69) is 48.0 Å². The standard InChI is InChI=1S/C15H25N3/c1-13(6-7-16)14-4-3-5-15(12-14)18-10-8-17(2)9-11-18/h3-5,12-13H,6-11,16H2,1-2H3. The summed E-state index contributed by atoms with van der Waals surface area (Å²) in [7, 11) is 2.19. The predicted molar refractivity (Wildman–Crippen MR) is 78.2 cm³/mol. The molecule has 0 aliphatic carbocycles. The maximum Gasteiger partial charge on any atom is 0.0369 e. The van der Waals surface area contributed by atoms with Gasteiger partial charge in [0.2, 0.25) is 0 Å². The van der Waals surface area contributed by atoms with Gasteiger partial charge in [0.1, 0.15) is 0 Å². The van der Waals surface area contributed by atoms with E-state index in [0.29, 0.717) is 5.92 Å². The molecule has 1 atom stereocenters. The number of likely N-dealkylation sites (N-methyl/N-ethyl adjacent to an activating group) is 1. The summed E-state index contributed by atoms with van der Waals surface area (Å²) in [5.41, 5.74) is 8.43. The van der Waals surface area contributed by atoms with Crippen molar-refractivity contribution < 1.29 is 0 Å². The quantitative estimate of drug-likeness (QED) is 0.882. The van der Waals surface area contributed by atoms with Crippen molar-refractivity contribution in [3.63, 3.8) is 0 Å². The van der Waals surface area contributed by atoms with E-state index in [1.807, 2.05) is 0 Å². The molecule has 0 amide bonds. The Bertz CT molecular complexity index is 370. The summed E-state index contributed by atoms with van der Waals surface area (Å²) in [5.74, 6) is 0.558. The minimum atomic E-state index is 0.558. The summed E-state index contributed by atoms with van der Waals surface area (Å²) >= 11 is 0. The van der Waals surface area contributed by atoms with E-state index in [1.54, 1.807) is 0 Å². The molecule has 1 aromatic rings. The molecule has 0 aromatic heterocycles. The van der Waals surface area contributed by atoms with Crippen LogP contribution in [-0.4, -0.2) is 44.7 Å². The van der Waals surface area contributed by atoms with Crippen LogP contribution in [0.1, 0.15) is 24.8 Å². The number of hydrogen-bond donors (Lipinski definition) is 1. The summed E-state index contributed by atoms with van der Waals surface area (Å²) in [6.07, 6.45) is 1.06. The van der Waals surface area contributed by atoms with Crippen LogP contribution in [0.3, 0.4) is 0 Å². The lowest BCUT2D eigenvalue weighted by Gasteiger charge is -2.34. The fourth-order valence-corrected chi connectivity index (χ4v) is 2.51. The van der Waals surface area contributed by atoms with E-state index in [9.17, 15) is 0 Å². The van der Waals surface area contributed by atoms with Crippen LogP contribution in [0.15, 0.2) is 24.3 Å². The highest BCUT2D eigenvalue weighted by Crippen LogP contribution is 2.24. The zero-order valence-electron chi connectivity index (χ0n) is 11.6. The normalized spacial score (nSPS) is 18.9. The van der Waals surface area contributed by atoms with Crippen LogP contribution in [-0.2, 0) is 0 Å². The molecule has 2 N–H and O–H groups in total. The molecule has 100 valence electrons. The molecular weight excluding hydrogens is 222 g/mol. The van der Waals surface area contributed by atoms with Crippen LogP contribution in [0, 0.1) is 0 Å². The Hall–Kier alpha value is -1.06. The number of nitrogens with two attached hydrogens (primary N) is 1. The SMILES string of the molecule is CC(CCN)c1cccc(N2CCN(C)CC2)c1. The third-order valence-electron chi connectivity index (χ3n) is 3.91. The number of nitrogens with zero attached hydrogens (tertiary/aromatic N) is 2. The van der Waals surface area contributed by atoms with Crippen LogP contribution < -0.4 is 10.6 Å². The summed E-state index contributed by atoms with van der Waals surface area (Å²) in [6.45, 7) is 7.59. The van der Waals surface area contributed by atoms with Gasteiger partial charge in [-0.25, -0.2) is 0 Å². The van der Waals surface area contributed by atoms with Crippen molar-refractivity contribution in [1.29, 1.82) is 0 Å². The second-order valence-electron chi connectivity index (χ2n) is 5.36. The third-order valence-corrected chi connectivity index (χ3v) is 3.91. The Kier molecular flexibility index (Phi) is 4.61. The average molecular weight is 247 g/mol. The van der Waals surface area contributed by atoms with Crippen molar-refractivity contribution in [1.82, 2.24) is 4.90 Å². The second-order valence-corrected chi connectivity index (χ2v) is 5.36. The summed E-state index contributed by atoms with van der Waals surface area (Å²) in [6, 6.07) is 8.96. The van der Waals surface area contributed by atoms with Crippen molar-refractivity contribution in [2.75, 3.05) is 44.7 Å². The smallest absolute Gasteiger partial charge is 0.0369 e. The monoisotopic (exact) mass is 247 g/mol. The topological polar surface area (TPSA) is 32.5 Å². The minimum absolute atomic E-state index is 0.558. The Labute approximate surface area is 111 Å². The highest BCUT2D eigenvalue weighted by atomic mass is 15.2. The molecule has 1 saturated heterocycles. The molecule has 1 aromatic carbocycles. The first kappa shape index (κ1) is 13.4. The first-order valence-electron chi connectivity index (χ1n) is 6.94. The number of anilines is 1. The predicted octanol–water partition coefficient (Wildman–Crippen LogP) is 1.89. The van der Waals surface area contributed by atoms with Gasteiger partial charge in [-0.05, 0) is 43.6 Å². The molecule has 0 radical (unpaired) electrons. The molecule has 3 heteroatoms. The molecule has 18 heavy (non-hydrogen) atoms. The van der Waals surface area contributed by atoms with Gasteiger partial charge in [0.25, 0.3) is 0 Å². The fraction of sp³-hybridized carbons (Fsp3) is 0.600. The van der Waals surface area contributed by atoms with E-state index >= 15 is 0 Å². The maximum atomic E-state index is 5.65. The number of piperazine rings is 1. The first-order valence-corrected chi connectivity index (χ1v) is 6.94. The molecule has 1 heterocycles. The number of benzene rings is 1. The third kappa shape index (κ3) is 3.24. The van der Waals surface area contributed by atoms with Crippen molar-refractivity contribution >= 4 is 5.69 Å². The van der Waals surface area contributed by atoms with E-state index < -0.39 is 0 Å². The van der Waals surface area contributed by atoms with Crippen LogP contribution in [0.25, 0.3) is 0 Å². The Morgan fingerprint density at radius 3 is 2.61 bits per heavy atom. The largest absolute Gasteiger partial charge is 0.369 e. The molecular formula is C15H25N3. The Morgan fingerprint density at radius 2 is 1.94 bits per heavy atom. The second kappa shape index (κ2) is 6.21. The van der Waals surface area contributed by atoms with E-state index in [1.165, 1.54) is 11.3 Å². The molecule has 0 bridgehead atoms. The highest BCUT2D eigenvalue weighted by molar-refractivity contribution is 5.49. The van der Waals surface area contributed by atoms with Crippen LogP contribution in [0.2, 0.25) is 0 Å². The van der Waals surface area contributed by atoms with E-state index in [0.717, 1.165) is 39.1 Å². The Morgan fingerprint density at radius 1 is 1.22 bits per heavy atom. The van der Waals surface area contributed by atoms with Crippen molar-refractivity contribution in [2.24, 2.45) is 5.73 Å². The van der Waals surface area contributed by atoms with Crippen LogP contribution in [0.5, 0.6) is 0 Å². The molecule has 2 rings (SSSR count). The van der Waals surface area contributed by atoms with Gasteiger partial charge >= 0.3 is 0 Å². The Balaban J connectivity index is 2.07. The van der Waals surface area contributed by atoms with Gasteiger partial charge in [0.15, 0.2) is 0 Å². The van der Waals surface area contributed by atoms with Crippen LogP contribution >= 0.6 is 0 Å². The van der Waals surface area contributed by atoms with Crippen molar-refractivity contribution in [2.45, 2.75) is 19.3 Å². The minimum Gasteiger partial charge on any atom is -0.369 e. The lowest BCUT2D eigenvalue weighted by Crippen LogP contribution is -2.44. The molecule has 0 saturated carbocycles. The number of rotatable bonds is 4. The lowest BCUT2D eigenvalue weighted by molar-refractivity contribution is 0.313. The van der Waals surface area contributed by atoms with Crippen LogP contribution in [0.4, 0.5) is 5.69 Å². The van der Waals surface area contributed by atoms with Crippen molar-refractivity contribution in [3.8, 4) is 0 Å². The zero-order valence-corrected chi connectivity index (χ0v) is 11.6. The maximum absolute atomic E-state index is 5.65. The highest BCUT2D eigenvalue weighted by Gasteiger charge is 2.15. The number of hydrogen-bond acceptors (Lipinski definition) is 3. The molecule has 1 unspecified atom stereocenters. The molecule has 1 aliphatic heterocycles. The van der Waals surface area contributed by atoms with E-state index in [4.69, 9.17) is 5.73 Å². The molecule has 3 nitrogen and oxygen atoms in total. The lowest BCUT2D eigenvalue weighted by atomic mass is 9.97. The van der Waals surface area contributed by atoms with Gasteiger partial charge in [0, 0.05) is 31.9 Å². The first-order chi connectivity index (χ1) is 8.70. The summed E-state index contributed by atoms with van der Waals surface area (Å²) in [4.78, 5) is 4.87. The molecule has 1 fully saturated rings. The van der Waals surface area contributed by atoms with E-state index in [-0.39, 0.29) is 0 Å². The zero-order chi connectivity index (χ0) is 13.0. The van der Waals surface area contributed by atoms with Crippen molar-refractivity contribution in [3.05, 3.63) is 29.8 Å². The van der Waals surface area contributed by atoms with Gasteiger partial charge in [-0.1, -0.05) is 19.1 Å². The average Bonchev–Trinajstić information content (AvgIpc) is 2.40. The van der Waals surface area contributed by atoms with Gasteiger partial charge in [-0.3, -0.25) is 0 Å². The van der Waals surface area contributed by atoms with Gasteiger partial charge in [-0.15, -0.1) is 0 Å². The molecule has 1 aliphatic rings. The summed E-state index contributed by atoms with van der Waals surface area (Å²) < 4.78 is 0. The van der Waals surface area contributed by atoms with Gasteiger partial charge in [-0.2, -0.15) is 0 Å². The summed E-state index contributed by atoms with van der Waals surface area (Å²) in [5, 5.41) is 0. The fourth-order valence-electron chi connectivity index (χ4n) is 2.51. The van der Waals surface area contributed by atoms with Gasteiger partial charge in [0.05, 0.1) is 0 Å². The van der Waals surface area contributed by atoms with Gasteiger partial charge < -0.3 is 15.5 Å². The molecule has 0 spiro atoms.